The highest BCUT2D eigenvalue weighted by molar-refractivity contribution is 7.99. The fourth-order valence-corrected chi connectivity index (χ4v) is 2.66. The number of alkyl halides is 2. The smallest absolute Gasteiger partial charge is 0.288 e. The van der Waals surface area contributed by atoms with Crippen molar-refractivity contribution in [3.63, 3.8) is 0 Å². The van der Waals surface area contributed by atoms with Crippen molar-refractivity contribution in [2.45, 2.75) is 17.1 Å². The summed E-state index contributed by atoms with van der Waals surface area (Å²) in [7, 11) is 0. The first-order chi connectivity index (χ1) is 12.0. The van der Waals surface area contributed by atoms with Gasteiger partial charge in [0.05, 0.1) is 18.2 Å². The number of thioether (sulfide) groups is 1. The highest BCUT2D eigenvalue weighted by atomic mass is 32.2. The maximum absolute atomic E-state index is 12.3. The maximum atomic E-state index is 12.3. The van der Waals surface area contributed by atoms with Crippen molar-refractivity contribution in [2.24, 2.45) is 0 Å². The molecule has 0 saturated carbocycles. The van der Waals surface area contributed by atoms with E-state index in [0.29, 0.717) is 22.3 Å². The van der Waals surface area contributed by atoms with Crippen LogP contribution in [0.15, 0.2) is 29.2 Å². The molecule has 0 aliphatic rings. The number of nitrogens with two attached hydrogens (primary N) is 1. The minimum Gasteiger partial charge on any atom is -0.318 e. The number of nitriles is 3. The predicted octanol–water partition coefficient (Wildman–Crippen LogP) is 2.95. The van der Waals surface area contributed by atoms with Crippen LogP contribution >= 0.6 is 11.8 Å². The molecule has 0 bridgehead atoms. The minimum atomic E-state index is -2.51. The Bertz CT molecular complexity index is 907. The second kappa shape index (κ2) is 7.96. The Hall–Kier alpha value is -3.35. The van der Waals surface area contributed by atoms with Crippen molar-refractivity contribution < 1.29 is 13.8 Å². The van der Waals surface area contributed by atoms with E-state index in [1.807, 2.05) is 18.2 Å². The topological polar surface area (TPSA) is 124 Å². The Kier molecular flexibility index (Phi) is 5.73. The van der Waals surface area contributed by atoms with Crippen LogP contribution in [-0.2, 0) is 6.42 Å². The zero-order valence-corrected chi connectivity index (χ0v) is 13.5. The summed E-state index contributed by atoms with van der Waals surface area (Å²) in [5.74, 6) is -2.26. The molecule has 124 valence electrons. The molecule has 0 radical (unpaired) electrons. The number of aromatic amines is 1. The van der Waals surface area contributed by atoms with Crippen LogP contribution in [0.25, 0.3) is 0 Å². The molecule has 1 aromatic heterocycles. The van der Waals surface area contributed by atoms with Gasteiger partial charge in [0, 0.05) is 10.5 Å². The van der Waals surface area contributed by atoms with Gasteiger partial charge < -0.3 is 5.73 Å². The number of nitrogen functional groups attached to an aromatic ring is 1. The molecule has 0 unspecified atom stereocenters. The van der Waals surface area contributed by atoms with Crippen molar-refractivity contribution in [2.75, 3.05) is 11.1 Å². The maximum Gasteiger partial charge on any atom is 0.288 e. The lowest BCUT2D eigenvalue weighted by molar-refractivity contribution is -0.343. The minimum absolute atomic E-state index is 0.0270. The molecule has 25 heavy (non-hydrogen) atoms. The quantitative estimate of drug-likeness (QED) is 0.793. The van der Waals surface area contributed by atoms with Gasteiger partial charge in [-0.1, -0.05) is 11.8 Å². The number of pyridine rings is 1. The number of anilines is 3. The van der Waals surface area contributed by atoms with Crippen LogP contribution in [0.1, 0.15) is 16.7 Å². The summed E-state index contributed by atoms with van der Waals surface area (Å²) in [4.78, 5) is 3.13. The van der Waals surface area contributed by atoms with Crippen LogP contribution in [-0.4, -0.2) is 5.76 Å². The SMILES string of the molecule is N#CCc1c(C#N)c(N)[nH+]c(Nc2ccc(SC(F)F)cc2)c1C#N. The van der Waals surface area contributed by atoms with Crippen LogP contribution in [0.3, 0.4) is 0 Å². The summed E-state index contributed by atoms with van der Waals surface area (Å²) >= 11 is 0.424. The van der Waals surface area contributed by atoms with Gasteiger partial charge in [0.2, 0.25) is 11.6 Å². The van der Waals surface area contributed by atoms with E-state index in [-0.39, 0.29) is 34.7 Å². The number of hydrogen-bond donors (Lipinski definition) is 2. The zero-order chi connectivity index (χ0) is 18.4. The number of H-pyrrole nitrogens is 1. The summed E-state index contributed by atoms with van der Waals surface area (Å²) < 4.78 is 24.7. The first kappa shape index (κ1) is 18.0. The van der Waals surface area contributed by atoms with Gasteiger partial charge in [-0.25, -0.2) is 4.98 Å². The first-order valence-electron chi connectivity index (χ1n) is 6.86. The van der Waals surface area contributed by atoms with Crippen LogP contribution in [0.5, 0.6) is 0 Å². The largest absolute Gasteiger partial charge is 0.318 e. The highest BCUT2D eigenvalue weighted by Gasteiger charge is 2.22. The molecule has 0 amide bonds. The second-order valence-corrected chi connectivity index (χ2v) is 5.79. The summed E-state index contributed by atoms with van der Waals surface area (Å²) in [6, 6.07) is 11.9. The van der Waals surface area contributed by atoms with E-state index >= 15 is 0 Å². The van der Waals surface area contributed by atoms with Crippen LogP contribution < -0.4 is 16.0 Å². The monoisotopic (exact) mass is 357 g/mol. The lowest BCUT2D eigenvalue weighted by Crippen LogP contribution is -2.21. The van der Waals surface area contributed by atoms with E-state index in [2.05, 4.69) is 10.3 Å². The van der Waals surface area contributed by atoms with Gasteiger partial charge in [-0.3, -0.25) is 5.32 Å². The van der Waals surface area contributed by atoms with Gasteiger partial charge in [-0.05, 0) is 24.3 Å². The molecule has 0 atom stereocenters. The van der Waals surface area contributed by atoms with Crippen LogP contribution in [0, 0.1) is 34.0 Å². The molecule has 1 aromatic carbocycles. The molecule has 2 aromatic rings. The number of hydrogen-bond acceptors (Lipinski definition) is 6. The van der Waals surface area contributed by atoms with E-state index in [0.717, 1.165) is 0 Å². The number of aromatic nitrogens is 1. The van der Waals surface area contributed by atoms with E-state index < -0.39 is 5.76 Å². The van der Waals surface area contributed by atoms with Crippen molar-refractivity contribution in [1.82, 2.24) is 0 Å². The average Bonchev–Trinajstić information content (AvgIpc) is 2.57. The van der Waals surface area contributed by atoms with Gasteiger partial charge in [-0.2, -0.15) is 24.6 Å². The lowest BCUT2D eigenvalue weighted by Gasteiger charge is -2.09. The molecule has 2 rings (SSSR count). The van der Waals surface area contributed by atoms with Crippen LogP contribution in [0.4, 0.5) is 26.1 Å². The third-order valence-corrected chi connectivity index (χ3v) is 3.93. The van der Waals surface area contributed by atoms with Crippen molar-refractivity contribution in [1.29, 1.82) is 15.8 Å². The van der Waals surface area contributed by atoms with Crippen molar-refractivity contribution in [3.05, 3.63) is 41.0 Å². The molecule has 4 N–H and O–H groups in total. The van der Waals surface area contributed by atoms with E-state index in [1.54, 1.807) is 12.1 Å². The van der Waals surface area contributed by atoms with Crippen molar-refractivity contribution >= 4 is 29.1 Å². The average molecular weight is 357 g/mol. The number of benzene rings is 1. The second-order valence-electron chi connectivity index (χ2n) is 4.73. The van der Waals surface area contributed by atoms with Crippen molar-refractivity contribution in [3.8, 4) is 18.2 Å². The molecule has 0 saturated heterocycles. The lowest BCUT2D eigenvalue weighted by atomic mass is 10.0. The van der Waals surface area contributed by atoms with Gasteiger partial charge in [-0.15, -0.1) is 0 Å². The van der Waals surface area contributed by atoms with Crippen LogP contribution in [0.2, 0.25) is 0 Å². The van der Waals surface area contributed by atoms with E-state index in [1.165, 1.54) is 12.1 Å². The van der Waals surface area contributed by atoms with Gasteiger partial charge in [0.1, 0.15) is 23.3 Å². The molecule has 6 nitrogen and oxygen atoms in total. The Labute approximate surface area is 146 Å². The van der Waals surface area contributed by atoms with Gasteiger partial charge >= 0.3 is 0 Å². The molecule has 1 heterocycles. The summed E-state index contributed by atoms with van der Waals surface area (Å²) in [5, 5.41) is 30.4. The van der Waals surface area contributed by atoms with E-state index in [9.17, 15) is 19.3 Å². The molecule has 9 heteroatoms. The Morgan fingerprint density at radius 1 is 1.12 bits per heavy atom. The third kappa shape index (κ3) is 4.14. The normalized spacial score (nSPS) is 9.92. The molecular weight excluding hydrogens is 346 g/mol. The number of nitrogens with zero attached hydrogens (tertiary/aromatic N) is 3. The molecule has 0 aliphatic heterocycles. The Balaban J connectivity index is 2.42. The number of halogens is 2. The number of nitrogens with one attached hydrogen (secondary N) is 2. The summed E-state index contributed by atoms with van der Waals surface area (Å²) in [6.45, 7) is 0. The number of rotatable bonds is 5. The molecule has 0 fully saturated rings. The fourth-order valence-electron chi connectivity index (χ4n) is 2.16. The van der Waals surface area contributed by atoms with Gasteiger partial charge in [0.25, 0.3) is 5.76 Å². The predicted molar refractivity (Wildman–Crippen MR) is 87.7 cm³/mol. The Morgan fingerprint density at radius 2 is 1.76 bits per heavy atom. The molecule has 0 aliphatic carbocycles. The highest BCUT2D eigenvalue weighted by Crippen LogP contribution is 2.28. The fraction of sp³-hybridized carbons (Fsp3) is 0.125. The Morgan fingerprint density at radius 3 is 2.28 bits per heavy atom. The standard InChI is InChI=1S/C16H10F2N6S/c17-16(18)25-10-3-1-9(2-4-10)23-15-13(8-21)11(5-6-19)12(7-20)14(22)24-15/h1-4,16H,5H2,(H3,22,23,24)/p+1. The summed E-state index contributed by atoms with van der Waals surface area (Å²) in [5.41, 5.74) is 6.70. The van der Waals surface area contributed by atoms with E-state index in [4.69, 9.17) is 11.0 Å². The third-order valence-electron chi connectivity index (χ3n) is 3.21. The first-order valence-corrected chi connectivity index (χ1v) is 7.74. The zero-order valence-electron chi connectivity index (χ0n) is 12.7. The molecule has 0 spiro atoms. The molecular formula is C16H11F2N6S+. The van der Waals surface area contributed by atoms with Gasteiger partial charge in [0.15, 0.2) is 0 Å². The summed E-state index contributed by atoms with van der Waals surface area (Å²) in [6.07, 6.45) is -0.149.